The molecule has 0 bridgehead atoms. The number of hydrogen-bond donors (Lipinski definition) is 1. The summed E-state index contributed by atoms with van der Waals surface area (Å²) in [6, 6.07) is 4.85. The molecule has 1 aromatic heterocycles. The Morgan fingerprint density at radius 1 is 1.14 bits per heavy atom. The average molecular weight is 295 g/mol. The van der Waals surface area contributed by atoms with Crippen molar-refractivity contribution in [2.24, 2.45) is 0 Å². The van der Waals surface area contributed by atoms with Gasteiger partial charge in [-0.3, -0.25) is 0 Å². The predicted octanol–water partition coefficient (Wildman–Crippen LogP) is 3.13. The molecule has 0 atom stereocenters. The first-order valence-corrected chi connectivity index (χ1v) is 6.36. The zero-order valence-electron chi connectivity index (χ0n) is 11.7. The molecule has 0 aliphatic heterocycles. The lowest BCUT2D eigenvalue weighted by Crippen LogP contribution is -2.05. The molecule has 1 heterocycles. The van der Waals surface area contributed by atoms with Crippen LogP contribution in [0.3, 0.4) is 0 Å². The van der Waals surface area contributed by atoms with Crippen molar-refractivity contribution in [1.82, 2.24) is 9.97 Å². The van der Waals surface area contributed by atoms with Crippen molar-refractivity contribution in [3.8, 4) is 11.6 Å². The van der Waals surface area contributed by atoms with Crippen LogP contribution in [-0.2, 0) is 11.3 Å². The highest BCUT2D eigenvalue weighted by atomic mass is 19.2. The Hall–Kier alpha value is -2.28. The SMILES string of the molecule is CCNc1cc(Oc2ccc(F)c(F)c2)nc(COC)n1. The fraction of sp³-hybridized carbons (Fsp3) is 0.286. The zero-order valence-corrected chi connectivity index (χ0v) is 11.7. The van der Waals surface area contributed by atoms with Gasteiger partial charge in [0.15, 0.2) is 17.5 Å². The third-order valence-electron chi connectivity index (χ3n) is 2.49. The molecule has 0 spiro atoms. The van der Waals surface area contributed by atoms with Crippen LogP contribution in [0.25, 0.3) is 0 Å². The Labute approximate surface area is 120 Å². The fourth-order valence-corrected chi connectivity index (χ4v) is 1.65. The number of methoxy groups -OCH3 is 1. The van der Waals surface area contributed by atoms with Crippen molar-refractivity contribution in [2.75, 3.05) is 19.0 Å². The Kier molecular flexibility index (Phi) is 4.99. The van der Waals surface area contributed by atoms with Crippen molar-refractivity contribution in [1.29, 1.82) is 0 Å². The van der Waals surface area contributed by atoms with E-state index in [1.54, 1.807) is 6.07 Å². The first-order valence-electron chi connectivity index (χ1n) is 6.36. The summed E-state index contributed by atoms with van der Waals surface area (Å²) in [4.78, 5) is 8.36. The molecule has 1 aromatic carbocycles. The van der Waals surface area contributed by atoms with Crippen molar-refractivity contribution in [2.45, 2.75) is 13.5 Å². The van der Waals surface area contributed by atoms with E-state index in [9.17, 15) is 8.78 Å². The second-order valence-electron chi connectivity index (χ2n) is 4.15. The smallest absolute Gasteiger partial charge is 0.224 e. The zero-order chi connectivity index (χ0) is 15.2. The van der Waals surface area contributed by atoms with E-state index in [0.29, 0.717) is 18.2 Å². The maximum atomic E-state index is 13.2. The molecule has 2 aromatic rings. The molecular formula is C14H15F2N3O2. The third kappa shape index (κ3) is 4.09. The number of aromatic nitrogens is 2. The van der Waals surface area contributed by atoms with Gasteiger partial charge in [-0.1, -0.05) is 0 Å². The van der Waals surface area contributed by atoms with E-state index < -0.39 is 11.6 Å². The van der Waals surface area contributed by atoms with Crippen LogP contribution in [0.1, 0.15) is 12.7 Å². The van der Waals surface area contributed by atoms with Gasteiger partial charge in [-0.2, -0.15) is 4.98 Å². The van der Waals surface area contributed by atoms with Crippen LogP contribution in [0.4, 0.5) is 14.6 Å². The van der Waals surface area contributed by atoms with Crippen LogP contribution in [-0.4, -0.2) is 23.6 Å². The van der Waals surface area contributed by atoms with Crippen LogP contribution in [0.15, 0.2) is 24.3 Å². The molecule has 1 N–H and O–H groups in total. The summed E-state index contributed by atoms with van der Waals surface area (Å²) >= 11 is 0. The molecule has 7 heteroatoms. The third-order valence-corrected chi connectivity index (χ3v) is 2.49. The molecule has 0 fully saturated rings. The van der Waals surface area contributed by atoms with Crippen molar-refractivity contribution < 1.29 is 18.3 Å². The van der Waals surface area contributed by atoms with E-state index >= 15 is 0 Å². The molecule has 2 rings (SSSR count). The molecule has 112 valence electrons. The lowest BCUT2D eigenvalue weighted by Gasteiger charge is -2.09. The van der Waals surface area contributed by atoms with E-state index in [0.717, 1.165) is 12.1 Å². The standard InChI is InChI=1S/C14H15F2N3O2/c1-3-17-12-7-14(19-13(18-12)8-20-2)21-9-4-5-10(15)11(16)6-9/h4-7H,3,8H2,1-2H3,(H,17,18,19). The van der Waals surface area contributed by atoms with Gasteiger partial charge in [0, 0.05) is 25.8 Å². The molecule has 0 saturated carbocycles. The maximum absolute atomic E-state index is 13.2. The van der Waals surface area contributed by atoms with Gasteiger partial charge in [0.1, 0.15) is 18.2 Å². The van der Waals surface area contributed by atoms with Crippen molar-refractivity contribution >= 4 is 5.82 Å². The minimum absolute atomic E-state index is 0.151. The Balaban J connectivity index is 2.26. The van der Waals surface area contributed by atoms with Gasteiger partial charge in [-0.25, -0.2) is 13.8 Å². The Morgan fingerprint density at radius 3 is 2.62 bits per heavy atom. The molecule has 0 aliphatic carbocycles. The fourth-order valence-electron chi connectivity index (χ4n) is 1.65. The van der Waals surface area contributed by atoms with Crippen LogP contribution in [0.2, 0.25) is 0 Å². The molecule has 0 saturated heterocycles. The van der Waals surface area contributed by atoms with Gasteiger partial charge in [0.05, 0.1) is 0 Å². The van der Waals surface area contributed by atoms with Gasteiger partial charge < -0.3 is 14.8 Å². The molecular weight excluding hydrogens is 280 g/mol. The molecule has 5 nitrogen and oxygen atoms in total. The number of rotatable bonds is 6. The number of benzene rings is 1. The molecule has 0 unspecified atom stereocenters. The highest BCUT2D eigenvalue weighted by Crippen LogP contribution is 2.23. The van der Waals surface area contributed by atoms with Crippen molar-refractivity contribution in [3.63, 3.8) is 0 Å². The predicted molar refractivity (Wildman–Crippen MR) is 73.3 cm³/mol. The van der Waals surface area contributed by atoms with Crippen molar-refractivity contribution in [3.05, 3.63) is 41.7 Å². The Morgan fingerprint density at radius 2 is 1.95 bits per heavy atom. The summed E-state index contributed by atoms with van der Waals surface area (Å²) in [5.74, 6) is -0.549. The second-order valence-corrected chi connectivity index (χ2v) is 4.15. The largest absolute Gasteiger partial charge is 0.439 e. The van der Waals surface area contributed by atoms with Gasteiger partial charge >= 0.3 is 0 Å². The lowest BCUT2D eigenvalue weighted by atomic mass is 10.3. The number of nitrogens with zero attached hydrogens (tertiary/aromatic N) is 2. The lowest BCUT2D eigenvalue weighted by molar-refractivity contribution is 0.177. The average Bonchev–Trinajstić information content (AvgIpc) is 2.43. The highest BCUT2D eigenvalue weighted by molar-refractivity contribution is 5.40. The number of ether oxygens (including phenoxy) is 2. The summed E-state index contributed by atoms with van der Waals surface area (Å²) in [7, 11) is 1.53. The van der Waals surface area contributed by atoms with Gasteiger partial charge in [0.25, 0.3) is 0 Å². The summed E-state index contributed by atoms with van der Waals surface area (Å²) in [6.07, 6.45) is 0. The quantitative estimate of drug-likeness (QED) is 0.887. The Bertz CT molecular complexity index is 599. The van der Waals surface area contributed by atoms with E-state index in [-0.39, 0.29) is 18.2 Å². The summed E-state index contributed by atoms with van der Waals surface area (Å²) < 4.78 is 36.5. The minimum atomic E-state index is -0.981. The van der Waals surface area contributed by atoms with Crippen LogP contribution >= 0.6 is 0 Å². The first kappa shape index (κ1) is 15.1. The molecule has 0 aliphatic rings. The maximum Gasteiger partial charge on any atom is 0.224 e. The summed E-state index contributed by atoms with van der Waals surface area (Å²) in [5.41, 5.74) is 0. The molecule has 0 radical (unpaired) electrons. The van der Waals surface area contributed by atoms with E-state index in [4.69, 9.17) is 9.47 Å². The number of nitrogens with one attached hydrogen (secondary N) is 1. The summed E-state index contributed by atoms with van der Waals surface area (Å²) in [6.45, 7) is 2.81. The van der Waals surface area contributed by atoms with Crippen LogP contribution < -0.4 is 10.1 Å². The van der Waals surface area contributed by atoms with Gasteiger partial charge in [-0.15, -0.1) is 0 Å². The number of hydrogen-bond acceptors (Lipinski definition) is 5. The monoisotopic (exact) mass is 295 g/mol. The topological polar surface area (TPSA) is 56.3 Å². The number of anilines is 1. The van der Waals surface area contributed by atoms with E-state index in [1.807, 2.05) is 6.92 Å². The van der Waals surface area contributed by atoms with Crippen LogP contribution in [0, 0.1) is 11.6 Å². The molecule has 0 amide bonds. The van der Waals surface area contributed by atoms with E-state index in [2.05, 4.69) is 15.3 Å². The second kappa shape index (κ2) is 6.94. The number of halogens is 2. The van der Waals surface area contributed by atoms with E-state index in [1.165, 1.54) is 13.2 Å². The normalized spacial score (nSPS) is 10.5. The van der Waals surface area contributed by atoms with Crippen LogP contribution in [0.5, 0.6) is 11.6 Å². The first-order chi connectivity index (χ1) is 10.1. The minimum Gasteiger partial charge on any atom is -0.439 e. The van der Waals surface area contributed by atoms with Gasteiger partial charge in [0.2, 0.25) is 5.88 Å². The molecule has 21 heavy (non-hydrogen) atoms. The summed E-state index contributed by atoms with van der Waals surface area (Å²) in [5, 5.41) is 3.03. The van der Waals surface area contributed by atoms with Gasteiger partial charge in [-0.05, 0) is 19.1 Å². The highest BCUT2D eigenvalue weighted by Gasteiger charge is 2.08.